The zero-order chi connectivity index (χ0) is 20.5. The van der Waals surface area contributed by atoms with Gasteiger partial charge in [0, 0.05) is 12.1 Å². The Morgan fingerprint density at radius 1 is 1.14 bits per heavy atom. The first-order valence-corrected chi connectivity index (χ1v) is 9.46. The van der Waals surface area contributed by atoms with Crippen molar-refractivity contribution in [2.24, 2.45) is 11.5 Å². The van der Waals surface area contributed by atoms with E-state index in [2.05, 4.69) is 10.3 Å². The second kappa shape index (κ2) is 11.0. The lowest BCUT2D eigenvalue weighted by atomic mass is 10.0. The Hall–Kier alpha value is -2.19. The molecule has 1 aromatic carbocycles. The number of carbonyl (C=O) groups excluding carboxylic acids is 2. The summed E-state index contributed by atoms with van der Waals surface area (Å²) >= 11 is 11.6. The van der Waals surface area contributed by atoms with E-state index in [9.17, 15) is 9.59 Å². The van der Waals surface area contributed by atoms with E-state index in [0.717, 1.165) is 5.56 Å². The van der Waals surface area contributed by atoms with Gasteiger partial charge in [0.15, 0.2) is 0 Å². The first kappa shape index (κ1) is 22.1. The maximum absolute atomic E-state index is 12.2. The third-order valence-electron chi connectivity index (χ3n) is 3.82. The van der Waals surface area contributed by atoms with Gasteiger partial charge in [0.25, 0.3) is 5.91 Å². The summed E-state index contributed by atoms with van der Waals surface area (Å²) < 4.78 is 5.22. The first-order chi connectivity index (χ1) is 13.4. The number of hydrogen-bond donors (Lipinski definition) is 3. The highest BCUT2D eigenvalue weighted by atomic mass is 35.5. The Morgan fingerprint density at radius 2 is 1.86 bits per heavy atom. The van der Waals surface area contributed by atoms with E-state index in [4.69, 9.17) is 39.4 Å². The molecule has 0 aliphatic rings. The van der Waals surface area contributed by atoms with Crippen LogP contribution in [-0.2, 0) is 22.6 Å². The van der Waals surface area contributed by atoms with Crippen molar-refractivity contribution in [1.29, 1.82) is 0 Å². The molecule has 9 heteroatoms. The van der Waals surface area contributed by atoms with Crippen LogP contribution in [0.1, 0.15) is 27.9 Å². The highest BCUT2D eigenvalue weighted by Gasteiger charge is 2.17. The smallest absolute Gasteiger partial charge is 0.323 e. The zero-order valence-electron chi connectivity index (χ0n) is 15.2. The van der Waals surface area contributed by atoms with Gasteiger partial charge in [-0.1, -0.05) is 35.3 Å². The third-order valence-corrected chi connectivity index (χ3v) is 4.20. The standard InChI is InChI=1S/C19H22Cl2N4O3/c20-16-9-13(10-17(21)25-16)11-28-19(27)15(23)8-12-3-1-4-14(7-12)18(26)24-6-2-5-22/h1,3-4,7,9-10,15H,2,5-6,8,11,22-23H2,(H,24,26)/t15-/m0/s1. The maximum Gasteiger partial charge on any atom is 0.323 e. The number of halogens is 2. The zero-order valence-corrected chi connectivity index (χ0v) is 16.7. The van der Waals surface area contributed by atoms with Crippen LogP contribution in [0, 0.1) is 0 Å². The Kier molecular flexibility index (Phi) is 8.66. The van der Waals surface area contributed by atoms with Crippen molar-refractivity contribution < 1.29 is 14.3 Å². The number of nitrogens with one attached hydrogen (secondary N) is 1. The second-order valence-electron chi connectivity index (χ2n) is 6.14. The van der Waals surface area contributed by atoms with Crippen molar-refractivity contribution in [2.75, 3.05) is 13.1 Å². The summed E-state index contributed by atoms with van der Waals surface area (Å²) in [6.07, 6.45) is 0.941. The third kappa shape index (κ3) is 7.09. The number of pyridine rings is 1. The molecular formula is C19H22Cl2N4O3. The Labute approximate surface area is 173 Å². The van der Waals surface area contributed by atoms with Gasteiger partial charge < -0.3 is 21.5 Å². The first-order valence-electron chi connectivity index (χ1n) is 8.70. The van der Waals surface area contributed by atoms with Gasteiger partial charge in [0.2, 0.25) is 0 Å². The number of carbonyl (C=O) groups is 2. The molecule has 7 nitrogen and oxygen atoms in total. The minimum atomic E-state index is -0.872. The van der Waals surface area contributed by atoms with Crippen LogP contribution in [0.3, 0.4) is 0 Å². The molecule has 2 rings (SSSR count). The van der Waals surface area contributed by atoms with E-state index < -0.39 is 12.0 Å². The molecule has 1 aromatic heterocycles. The second-order valence-corrected chi connectivity index (χ2v) is 6.91. The van der Waals surface area contributed by atoms with Crippen molar-refractivity contribution in [3.05, 3.63) is 63.4 Å². The molecule has 0 saturated carbocycles. The predicted molar refractivity (Wildman–Crippen MR) is 108 cm³/mol. The van der Waals surface area contributed by atoms with Crippen molar-refractivity contribution >= 4 is 35.1 Å². The minimum Gasteiger partial charge on any atom is -0.460 e. The van der Waals surface area contributed by atoms with Crippen LogP contribution in [0.2, 0.25) is 10.3 Å². The summed E-state index contributed by atoms with van der Waals surface area (Å²) in [6, 6.07) is 9.18. The molecule has 0 saturated heterocycles. The average Bonchev–Trinajstić information content (AvgIpc) is 2.65. The monoisotopic (exact) mass is 424 g/mol. The van der Waals surface area contributed by atoms with Crippen LogP contribution in [-0.4, -0.2) is 36.0 Å². The van der Waals surface area contributed by atoms with Crippen LogP contribution >= 0.6 is 23.2 Å². The lowest BCUT2D eigenvalue weighted by molar-refractivity contribution is -0.146. The number of hydrogen-bond acceptors (Lipinski definition) is 6. The maximum atomic E-state index is 12.2. The van der Waals surface area contributed by atoms with Gasteiger partial charge >= 0.3 is 5.97 Å². The van der Waals surface area contributed by atoms with Gasteiger partial charge in [-0.15, -0.1) is 0 Å². The fourth-order valence-electron chi connectivity index (χ4n) is 2.44. The molecule has 0 aliphatic carbocycles. The number of esters is 1. The lowest BCUT2D eigenvalue weighted by Gasteiger charge is -2.13. The van der Waals surface area contributed by atoms with Crippen molar-refractivity contribution in [3.8, 4) is 0 Å². The molecule has 0 spiro atoms. The van der Waals surface area contributed by atoms with Gasteiger partial charge in [0.05, 0.1) is 0 Å². The summed E-state index contributed by atoms with van der Waals surface area (Å²) in [6.45, 7) is 1.00. The Bertz CT molecular complexity index is 812. The number of aromatic nitrogens is 1. The SMILES string of the molecule is NCCCNC(=O)c1cccc(C[C@H](N)C(=O)OCc2cc(Cl)nc(Cl)c2)c1. The van der Waals surface area contributed by atoms with Crippen molar-refractivity contribution in [2.45, 2.75) is 25.5 Å². The van der Waals surface area contributed by atoms with Gasteiger partial charge in [-0.2, -0.15) is 0 Å². The Morgan fingerprint density at radius 3 is 2.54 bits per heavy atom. The largest absolute Gasteiger partial charge is 0.460 e. The number of ether oxygens (including phenoxy) is 1. The summed E-state index contributed by atoms with van der Waals surface area (Å²) in [7, 11) is 0. The molecular weight excluding hydrogens is 403 g/mol. The van der Waals surface area contributed by atoms with E-state index in [-0.39, 0.29) is 29.2 Å². The lowest BCUT2D eigenvalue weighted by Crippen LogP contribution is -2.34. The number of benzene rings is 1. The van der Waals surface area contributed by atoms with E-state index >= 15 is 0 Å². The summed E-state index contributed by atoms with van der Waals surface area (Å²) in [5.41, 5.74) is 13.2. The van der Waals surface area contributed by atoms with Crippen LogP contribution in [0.5, 0.6) is 0 Å². The van der Waals surface area contributed by atoms with Gasteiger partial charge in [0.1, 0.15) is 23.0 Å². The van der Waals surface area contributed by atoms with E-state index in [1.807, 2.05) is 0 Å². The van der Waals surface area contributed by atoms with Crippen LogP contribution in [0.15, 0.2) is 36.4 Å². The van der Waals surface area contributed by atoms with E-state index in [1.54, 1.807) is 36.4 Å². The number of nitrogens with two attached hydrogens (primary N) is 2. The minimum absolute atomic E-state index is 0.0158. The van der Waals surface area contributed by atoms with Gasteiger partial charge in [-0.3, -0.25) is 9.59 Å². The molecule has 0 aliphatic heterocycles. The molecule has 2 aromatic rings. The molecule has 1 amide bonds. The molecule has 1 atom stereocenters. The van der Waals surface area contributed by atoms with Crippen LogP contribution in [0.4, 0.5) is 0 Å². The highest BCUT2D eigenvalue weighted by molar-refractivity contribution is 6.32. The van der Waals surface area contributed by atoms with Crippen molar-refractivity contribution in [3.63, 3.8) is 0 Å². The highest BCUT2D eigenvalue weighted by Crippen LogP contribution is 2.16. The molecule has 1 heterocycles. The molecule has 0 bridgehead atoms. The van der Waals surface area contributed by atoms with E-state index in [1.165, 1.54) is 0 Å². The quantitative estimate of drug-likeness (QED) is 0.322. The molecule has 0 radical (unpaired) electrons. The van der Waals surface area contributed by atoms with Crippen molar-refractivity contribution in [1.82, 2.24) is 10.3 Å². The van der Waals surface area contributed by atoms with Crippen LogP contribution < -0.4 is 16.8 Å². The number of nitrogens with zero attached hydrogens (tertiary/aromatic N) is 1. The van der Waals surface area contributed by atoms with Gasteiger partial charge in [-0.25, -0.2) is 4.98 Å². The predicted octanol–water partition coefficient (Wildman–Crippen LogP) is 2.08. The summed E-state index contributed by atoms with van der Waals surface area (Å²) in [4.78, 5) is 28.1. The normalized spacial score (nSPS) is 11.7. The van der Waals surface area contributed by atoms with E-state index in [0.29, 0.717) is 30.6 Å². The topological polar surface area (TPSA) is 120 Å². The Balaban J connectivity index is 1.90. The number of amides is 1. The molecule has 5 N–H and O–H groups in total. The number of rotatable bonds is 9. The molecule has 28 heavy (non-hydrogen) atoms. The average molecular weight is 425 g/mol. The summed E-state index contributed by atoms with van der Waals surface area (Å²) in [5.74, 6) is -0.764. The molecule has 0 unspecified atom stereocenters. The van der Waals surface area contributed by atoms with Gasteiger partial charge in [-0.05, 0) is 54.8 Å². The molecule has 150 valence electrons. The fraction of sp³-hybridized carbons (Fsp3) is 0.316. The fourth-order valence-corrected chi connectivity index (χ4v) is 2.95. The summed E-state index contributed by atoms with van der Waals surface area (Å²) in [5, 5.41) is 3.21. The van der Waals surface area contributed by atoms with Crippen LogP contribution in [0.25, 0.3) is 0 Å². The molecule has 0 fully saturated rings.